The Labute approximate surface area is 124 Å². The first-order valence-electron chi connectivity index (χ1n) is 7.15. The van der Waals surface area contributed by atoms with E-state index in [0.29, 0.717) is 23.0 Å². The SMILES string of the molecule is CC(C)C(C)NC(=O)COc1c(CN)oc2ccccc12. The molecule has 114 valence electrons. The molecule has 5 heteroatoms. The van der Waals surface area contributed by atoms with E-state index in [0.717, 1.165) is 5.39 Å². The second-order valence-corrected chi connectivity index (χ2v) is 5.44. The Morgan fingerprint density at radius 2 is 2.05 bits per heavy atom. The average Bonchev–Trinajstić information content (AvgIpc) is 2.82. The molecule has 0 aliphatic heterocycles. The van der Waals surface area contributed by atoms with Crippen molar-refractivity contribution in [2.75, 3.05) is 6.61 Å². The number of benzene rings is 1. The van der Waals surface area contributed by atoms with Crippen LogP contribution in [-0.2, 0) is 11.3 Å². The standard InChI is InChI=1S/C16H22N2O3/c1-10(2)11(3)18-15(19)9-20-16-12-6-4-5-7-13(12)21-14(16)8-17/h4-7,10-11H,8-9,17H2,1-3H3,(H,18,19). The van der Waals surface area contributed by atoms with Gasteiger partial charge in [-0.1, -0.05) is 26.0 Å². The van der Waals surface area contributed by atoms with Crippen LogP contribution >= 0.6 is 0 Å². The maximum Gasteiger partial charge on any atom is 0.258 e. The fourth-order valence-corrected chi connectivity index (χ4v) is 1.97. The Kier molecular flexibility index (Phi) is 4.85. The normalized spacial score (nSPS) is 12.6. The fourth-order valence-electron chi connectivity index (χ4n) is 1.97. The molecule has 0 saturated heterocycles. The van der Waals surface area contributed by atoms with E-state index < -0.39 is 0 Å². The van der Waals surface area contributed by atoms with Crippen LogP contribution in [-0.4, -0.2) is 18.6 Å². The minimum Gasteiger partial charge on any atom is -0.479 e. The van der Waals surface area contributed by atoms with Gasteiger partial charge in [-0.2, -0.15) is 0 Å². The van der Waals surface area contributed by atoms with Crippen molar-refractivity contribution in [2.45, 2.75) is 33.4 Å². The summed E-state index contributed by atoms with van der Waals surface area (Å²) in [4.78, 5) is 11.9. The van der Waals surface area contributed by atoms with Crippen molar-refractivity contribution >= 4 is 16.9 Å². The lowest BCUT2D eigenvalue weighted by Crippen LogP contribution is -2.39. The van der Waals surface area contributed by atoms with Crippen LogP contribution in [0.1, 0.15) is 26.5 Å². The summed E-state index contributed by atoms with van der Waals surface area (Å²) in [7, 11) is 0. The van der Waals surface area contributed by atoms with Crippen LogP contribution in [0.15, 0.2) is 28.7 Å². The van der Waals surface area contributed by atoms with Gasteiger partial charge in [-0.3, -0.25) is 4.79 Å². The summed E-state index contributed by atoms with van der Waals surface area (Å²) in [5, 5.41) is 3.74. The smallest absolute Gasteiger partial charge is 0.258 e. The maximum atomic E-state index is 11.9. The first kappa shape index (κ1) is 15.4. The number of para-hydroxylation sites is 1. The molecule has 2 rings (SSSR count). The Morgan fingerprint density at radius 1 is 1.33 bits per heavy atom. The molecule has 0 aliphatic rings. The molecule has 1 aromatic heterocycles. The van der Waals surface area contributed by atoms with Gasteiger partial charge < -0.3 is 20.2 Å². The zero-order valence-electron chi connectivity index (χ0n) is 12.7. The van der Waals surface area contributed by atoms with Crippen molar-refractivity contribution < 1.29 is 13.9 Å². The van der Waals surface area contributed by atoms with E-state index >= 15 is 0 Å². The molecule has 2 aromatic rings. The molecule has 1 unspecified atom stereocenters. The Balaban J connectivity index is 2.08. The molecule has 1 amide bonds. The lowest BCUT2D eigenvalue weighted by Gasteiger charge is -2.17. The minimum atomic E-state index is -0.149. The molecule has 21 heavy (non-hydrogen) atoms. The molecule has 1 heterocycles. The number of rotatable bonds is 6. The number of carbonyl (C=O) groups is 1. The van der Waals surface area contributed by atoms with Gasteiger partial charge in [-0.05, 0) is 25.0 Å². The van der Waals surface area contributed by atoms with Crippen molar-refractivity contribution in [3.63, 3.8) is 0 Å². The molecule has 1 aromatic carbocycles. The molecule has 0 saturated carbocycles. The van der Waals surface area contributed by atoms with E-state index in [9.17, 15) is 4.79 Å². The van der Waals surface area contributed by atoms with E-state index in [-0.39, 0.29) is 25.1 Å². The van der Waals surface area contributed by atoms with Crippen molar-refractivity contribution in [3.8, 4) is 5.75 Å². The summed E-state index contributed by atoms with van der Waals surface area (Å²) >= 11 is 0. The third-order valence-corrected chi connectivity index (χ3v) is 3.54. The van der Waals surface area contributed by atoms with E-state index in [1.807, 2.05) is 31.2 Å². The lowest BCUT2D eigenvalue weighted by atomic mass is 10.1. The highest BCUT2D eigenvalue weighted by Gasteiger charge is 2.16. The fraction of sp³-hybridized carbons (Fsp3) is 0.438. The number of hydrogen-bond acceptors (Lipinski definition) is 4. The van der Waals surface area contributed by atoms with Gasteiger partial charge in [0.25, 0.3) is 5.91 Å². The van der Waals surface area contributed by atoms with E-state index in [4.69, 9.17) is 14.9 Å². The Hall–Kier alpha value is -2.01. The van der Waals surface area contributed by atoms with Crippen LogP contribution < -0.4 is 15.8 Å². The van der Waals surface area contributed by atoms with Gasteiger partial charge in [0, 0.05) is 6.04 Å². The number of furan rings is 1. The van der Waals surface area contributed by atoms with Gasteiger partial charge in [0.15, 0.2) is 18.1 Å². The van der Waals surface area contributed by atoms with E-state index in [2.05, 4.69) is 19.2 Å². The molecular weight excluding hydrogens is 268 g/mol. The predicted octanol–water partition coefficient (Wildman–Crippen LogP) is 2.43. The second-order valence-electron chi connectivity index (χ2n) is 5.44. The molecule has 0 radical (unpaired) electrons. The monoisotopic (exact) mass is 290 g/mol. The minimum absolute atomic E-state index is 0.0480. The van der Waals surface area contributed by atoms with Crippen molar-refractivity contribution in [3.05, 3.63) is 30.0 Å². The highest BCUT2D eigenvalue weighted by Crippen LogP contribution is 2.32. The number of nitrogens with one attached hydrogen (secondary N) is 1. The Morgan fingerprint density at radius 3 is 2.71 bits per heavy atom. The van der Waals surface area contributed by atoms with Gasteiger partial charge in [-0.25, -0.2) is 0 Å². The van der Waals surface area contributed by atoms with Crippen LogP contribution in [0.3, 0.4) is 0 Å². The quantitative estimate of drug-likeness (QED) is 0.856. The van der Waals surface area contributed by atoms with Crippen LogP contribution in [0.4, 0.5) is 0 Å². The van der Waals surface area contributed by atoms with Crippen LogP contribution in [0.5, 0.6) is 5.75 Å². The number of hydrogen-bond donors (Lipinski definition) is 2. The third kappa shape index (κ3) is 3.55. The number of carbonyl (C=O) groups excluding carboxylic acids is 1. The van der Waals surface area contributed by atoms with Crippen LogP contribution in [0.25, 0.3) is 11.0 Å². The summed E-state index contributed by atoms with van der Waals surface area (Å²) < 4.78 is 11.3. The molecule has 0 bridgehead atoms. The summed E-state index contributed by atoms with van der Waals surface area (Å²) in [5.41, 5.74) is 6.38. The molecule has 0 fully saturated rings. The first-order valence-corrected chi connectivity index (χ1v) is 7.15. The van der Waals surface area contributed by atoms with Crippen LogP contribution in [0.2, 0.25) is 0 Å². The second kappa shape index (κ2) is 6.63. The largest absolute Gasteiger partial charge is 0.479 e. The molecular formula is C16H22N2O3. The molecule has 1 atom stereocenters. The summed E-state index contributed by atoms with van der Waals surface area (Å²) in [6, 6.07) is 7.62. The predicted molar refractivity (Wildman–Crippen MR) is 82.0 cm³/mol. The average molecular weight is 290 g/mol. The van der Waals surface area contributed by atoms with Gasteiger partial charge in [-0.15, -0.1) is 0 Å². The summed E-state index contributed by atoms with van der Waals surface area (Å²) in [6.07, 6.45) is 0. The molecule has 0 spiro atoms. The van der Waals surface area contributed by atoms with Crippen LogP contribution in [0, 0.1) is 5.92 Å². The summed E-state index contributed by atoms with van der Waals surface area (Å²) in [5.74, 6) is 1.34. The van der Waals surface area contributed by atoms with Gasteiger partial charge in [0.1, 0.15) is 5.58 Å². The summed E-state index contributed by atoms with van der Waals surface area (Å²) in [6.45, 7) is 6.27. The molecule has 0 aliphatic carbocycles. The zero-order valence-corrected chi connectivity index (χ0v) is 12.7. The third-order valence-electron chi connectivity index (χ3n) is 3.54. The molecule has 5 nitrogen and oxygen atoms in total. The topological polar surface area (TPSA) is 77.5 Å². The number of amides is 1. The Bertz CT molecular complexity index is 619. The number of nitrogens with two attached hydrogens (primary N) is 1. The van der Waals surface area contributed by atoms with Crippen molar-refractivity contribution in [2.24, 2.45) is 11.7 Å². The maximum absolute atomic E-state index is 11.9. The highest BCUT2D eigenvalue weighted by atomic mass is 16.5. The highest BCUT2D eigenvalue weighted by molar-refractivity contribution is 5.86. The first-order chi connectivity index (χ1) is 10.0. The lowest BCUT2D eigenvalue weighted by molar-refractivity contribution is -0.123. The van der Waals surface area contributed by atoms with Gasteiger partial charge in [0.2, 0.25) is 0 Å². The number of fused-ring (bicyclic) bond motifs is 1. The van der Waals surface area contributed by atoms with E-state index in [1.54, 1.807) is 0 Å². The zero-order chi connectivity index (χ0) is 15.4. The van der Waals surface area contributed by atoms with Gasteiger partial charge >= 0.3 is 0 Å². The van der Waals surface area contributed by atoms with Crippen molar-refractivity contribution in [1.29, 1.82) is 0 Å². The number of ether oxygens (including phenoxy) is 1. The van der Waals surface area contributed by atoms with E-state index in [1.165, 1.54) is 0 Å². The molecule has 3 N–H and O–H groups in total. The van der Waals surface area contributed by atoms with Gasteiger partial charge in [0.05, 0.1) is 11.9 Å². The van der Waals surface area contributed by atoms with Crippen molar-refractivity contribution in [1.82, 2.24) is 5.32 Å².